The molecule has 1 aromatic heterocycles. The van der Waals surface area contributed by atoms with Crippen LogP contribution >= 0.6 is 34.7 Å². The first-order valence-corrected chi connectivity index (χ1v) is 15.3. The van der Waals surface area contributed by atoms with Crippen LogP contribution in [-0.2, 0) is 22.4 Å². The number of nitrogens with zero attached hydrogens (tertiary/aromatic N) is 2. The number of para-hydroxylation sites is 1. The van der Waals surface area contributed by atoms with Gasteiger partial charge in [-0.3, -0.25) is 9.59 Å². The van der Waals surface area contributed by atoms with E-state index in [1.807, 2.05) is 24.3 Å². The van der Waals surface area contributed by atoms with Crippen LogP contribution in [0.15, 0.2) is 76.5 Å². The zero-order chi connectivity index (χ0) is 28.9. The summed E-state index contributed by atoms with van der Waals surface area (Å²) in [6.45, 7) is 1.77. The fraction of sp³-hybridized carbons (Fsp3) is 0.226. The van der Waals surface area contributed by atoms with Crippen LogP contribution in [0.2, 0.25) is 5.02 Å². The summed E-state index contributed by atoms with van der Waals surface area (Å²) >= 11 is 9.25. The van der Waals surface area contributed by atoms with Crippen molar-refractivity contribution >= 4 is 57.2 Å². The predicted molar refractivity (Wildman–Crippen MR) is 165 cm³/mol. The second kappa shape index (κ2) is 12.7. The van der Waals surface area contributed by atoms with Gasteiger partial charge in [0, 0.05) is 26.9 Å². The normalized spacial score (nSPS) is 16.2. The van der Waals surface area contributed by atoms with Gasteiger partial charge in [-0.2, -0.15) is 10.5 Å². The van der Waals surface area contributed by atoms with E-state index in [2.05, 4.69) is 28.1 Å². The lowest BCUT2D eigenvalue weighted by Gasteiger charge is -2.30. The van der Waals surface area contributed by atoms with Crippen LogP contribution in [0, 0.1) is 22.7 Å². The van der Waals surface area contributed by atoms with Gasteiger partial charge in [-0.1, -0.05) is 59.8 Å². The molecule has 2 amide bonds. The lowest BCUT2D eigenvalue weighted by Crippen LogP contribution is -2.31. The SMILES string of the molecule is CC1=C(C(=O)Nc2ccccc2)[C@H](c2ccccc2Cl)C(C#N)=C(SCC(=O)Nc2sc3c(c2C#N)CCCC3)N1. The number of amides is 2. The van der Waals surface area contributed by atoms with Crippen LogP contribution in [0.1, 0.15) is 47.3 Å². The highest BCUT2D eigenvalue weighted by Gasteiger charge is 2.36. The Balaban J connectivity index is 1.41. The van der Waals surface area contributed by atoms with E-state index < -0.39 is 5.92 Å². The minimum atomic E-state index is -0.738. The molecule has 0 fully saturated rings. The molecule has 41 heavy (non-hydrogen) atoms. The molecule has 0 unspecified atom stereocenters. The molecule has 3 N–H and O–H groups in total. The number of allylic oxidation sites excluding steroid dienone is 2. The summed E-state index contributed by atoms with van der Waals surface area (Å²) < 4.78 is 0. The van der Waals surface area contributed by atoms with Crippen molar-refractivity contribution in [1.82, 2.24) is 5.32 Å². The van der Waals surface area contributed by atoms with E-state index in [1.54, 1.807) is 37.3 Å². The maximum atomic E-state index is 13.6. The number of nitrogens with one attached hydrogen (secondary N) is 3. The third kappa shape index (κ3) is 6.03. The number of thiophene rings is 1. The largest absolute Gasteiger partial charge is 0.353 e. The van der Waals surface area contributed by atoms with Crippen LogP contribution < -0.4 is 16.0 Å². The zero-order valence-electron chi connectivity index (χ0n) is 22.2. The summed E-state index contributed by atoms with van der Waals surface area (Å²) in [5, 5.41) is 30.6. The highest BCUT2D eigenvalue weighted by atomic mass is 35.5. The first-order chi connectivity index (χ1) is 19.9. The Morgan fingerprint density at radius 3 is 2.51 bits per heavy atom. The van der Waals surface area contributed by atoms with E-state index in [-0.39, 0.29) is 17.6 Å². The second-order valence-corrected chi connectivity index (χ2v) is 12.2. The molecule has 3 aromatic rings. The number of hydrogen-bond acceptors (Lipinski definition) is 7. The fourth-order valence-corrected chi connectivity index (χ4v) is 7.53. The number of carbonyl (C=O) groups excluding carboxylic acids is 2. The second-order valence-electron chi connectivity index (χ2n) is 9.66. The third-order valence-corrected chi connectivity index (χ3v) is 9.59. The topological polar surface area (TPSA) is 118 Å². The van der Waals surface area contributed by atoms with Gasteiger partial charge >= 0.3 is 0 Å². The van der Waals surface area contributed by atoms with E-state index in [9.17, 15) is 20.1 Å². The van der Waals surface area contributed by atoms with Crippen molar-refractivity contribution in [2.45, 2.75) is 38.5 Å². The Morgan fingerprint density at radius 1 is 1.05 bits per heavy atom. The fourth-order valence-electron chi connectivity index (χ4n) is 5.14. The Kier molecular flexibility index (Phi) is 8.80. The van der Waals surface area contributed by atoms with Crippen LogP contribution in [-0.4, -0.2) is 17.6 Å². The number of hydrogen-bond donors (Lipinski definition) is 3. The molecule has 0 saturated heterocycles. The van der Waals surface area contributed by atoms with Crippen LogP contribution in [0.5, 0.6) is 0 Å². The third-order valence-electron chi connectivity index (χ3n) is 7.02. The number of nitriles is 2. The molecule has 2 aliphatic rings. The van der Waals surface area contributed by atoms with E-state index in [0.717, 1.165) is 31.2 Å². The summed E-state index contributed by atoms with van der Waals surface area (Å²) in [4.78, 5) is 27.8. The zero-order valence-corrected chi connectivity index (χ0v) is 24.6. The molecule has 2 heterocycles. The molecule has 10 heteroatoms. The van der Waals surface area contributed by atoms with E-state index in [1.165, 1.54) is 28.0 Å². The molecule has 0 bridgehead atoms. The van der Waals surface area contributed by atoms with Crippen molar-refractivity contribution in [2.75, 3.05) is 16.4 Å². The first kappa shape index (κ1) is 28.5. The Morgan fingerprint density at radius 2 is 1.78 bits per heavy atom. The molecular weight excluding hydrogens is 574 g/mol. The van der Waals surface area contributed by atoms with Gasteiger partial charge in [0.15, 0.2) is 0 Å². The molecule has 7 nitrogen and oxygen atoms in total. The molecule has 206 valence electrons. The van der Waals surface area contributed by atoms with Crippen molar-refractivity contribution in [2.24, 2.45) is 0 Å². The number of halogens is 1. The number of aryl methyl sites for hydroxylation is 1. The Labute approximate surface area is 251 Å². The van der Waals surface area contributed by atoms with Gasteiger partial charge in [0.05, 0.1) is 33.9 Å². The number of dihydropyridines is 1. The van der Waals surface area contributed by atoms with Gasteiger partial charge in [0.2, 0.25) is 5.91 Å². The van der Waals surface area contributed by atoms with Gasteiger partial charge in [-0.25, -0.2) is 0 Å². The van der Waals surface area contributed by atoms with Crippen molar-refractivity contribution in [3.8, 4) is 12.1 Å². The first-order valence-electron chi connectivity index (χ1n) is 13.1. The molecule has 0 radical (unpaired) electrons. The molecule has 5 rings (SSSR count). The summed E-state index contributed by atoms with van der Waals surface area (Å²) in [6.07, 6.45) is 3.92. The summed E-state index contributed by atoms with van der Waals surface area (Å²) in [6, 6.07) is 20.8. The van der Waals surface area contributed by atoms with Crippen LogP contribution in [0.4, 0.5) is 10.7 Å². The molecule has 1 atom stereocenters. The minimum absolute atomic E-state index is 0.00894. The van der Waals surface area contributed by atoms with Gasteiger partial charge in [-0.15, -0.1) is 11.3 Å². The molecule has 1 aliphatic heterocycles. The van der Waals surface area contributed by atoms with Gasteiger partial charge < -0.3 is 16.0 Å². The lowest BCUT2D eigenvalue weighted by molar-refractivity contribution is -0.114. The number of rotatable bonds is 7. The highest BCUT2D eigenvalue weighted by molar-refractivity contribution is 8.03. The summed E-state index contributed by atoms with van der Waals surface area (Å²) in [7, 11) is 0. The number of carbonyl (C=O) groups is 2. The Bertz CT molecular complexity index is 1660. The van der Waals surface area contributed by atoms with Crippen molar-refractivity contribution in [3.05, 3.63) is 103 Å². The number of anilines is 2. The smallest absolute Gasteiger partial charge is 0.254 e. The van der Waals surface area contributed by atoms with Crippen molar-refractivity contribution in [1.29, 1.82) is 10.5 Å². The molecule has 1 aliphatic carbocycles. The molecule has 2 aromatic carbocycles. The maximum Gasteiger partial charge on any atom is 0.254 e. The van der Waals surface area contributed by atoms with Crippen molar-refractivity contribution in [3.63, 3.8) is 0 Å². The number of thioether (sulfide) groups is 1. The lowest BCUT2D eigenvalue weighted by atomic mass is 9.82. The molecular formula is C31H26ClN5O2S2. The van der Waals surface area contributed by atoms with Gasteiger partial charge in [-0.05, 0) is 61.9 Å². The number of benzene rings is 2. The van der Waals surface area contributed by atoms with Crippen molar-refractivity contribution < 1.29 is 9.59 Å². The quantitative estimate of drug-likeness (QED) is 0.273. The average molecular weight is 600 g/mol. The monoisotopic (exact) mass is 599 g/mol. The minimum Gasteiger partial charge on any atom is -0.353 e. The van der Waals surface area contributed by atoms with E-state index in [4.69, 9.17) is 11.6 Å². The standard InChI is InChI=1S/C31H26ClN5O2S2/c1-18-27(29(39)36-19-9-3-2-4-10-19)28(21-12-5-7-13-24(21)32)23(16-34)30(35-18)40-17-26(38)37-31-22(15-33)20-11-6-8-14-25(20)41-31/h2-5,7,9-10,12-13,28,35H,6,8,11,14,17H2,1H3,(H,36,39)(H,37,38)/t28-/m1/s1. The molecule has 0 spiro atoms. The molecule has 0 saturated carbocycles. The number of fused-ring (bicyclic) bond motifs is 1. The van der Waals surface area contributed by atoms with Gasteiger partial charge in [0.1, 0.15) is 11.1 Å². The van der Waals surface area contributed by atoms with Crippen LogP contribution in [0.3, 0.4) is 0 Å². The highest BCUT2D eigenvalue weighted by Crippen LogP contribution is 2.43. The van der Waals surface area contributed by atoms with E-state index in [0.29, 0.717) is 48.7 Å². The Hall–Kier alpha value is -4.02. The van der Waals surface area contributed by atoms with Crippen LogP contribution in [0.25, 0.3) is 0 Å². The van der Waals surface area contributed by atoms with E-state index >= 15 is 0 Å². The average Bonchev–Trinajstić information content (AvgIpc) is 3.33. The maximum absolute atomic E-state index is 13.6. The summed E-state index contributed by atoms with van der Waals surface area (Å²) in [5.74, 6) is -1.36. The summed E-state index contributed by atoms with van der Waals surface area (Å²) in [5.41, 5.74) is 4.08. The van der Waals surface area contributed by atoms with Gasteiger partial charge in [0.25, 0.3) is 5.91 Å². The predicted octanol–water partition coefficient (Wildman–Crippen LogP) is 6.86.